The van der Waals surface area contributed by atoms with Gasteiger partial charge in [-0.3, -0.25) is 0 Å². The largest absolute Gasteiger partial charge is 0.453 e. The molecule has 52 valence electrons. The summed E-state index contributed by atoms with van der Waals surface area (Å²) in [6.07, 6.45) is 1.34. The van der Waals surface area contributed by atoms with Crippen LogP contribution in [0.3, 0.4) is 0 Å². The van der Waals surface area contributed by atoms with Crippen LogP contribution in [-0.4, -0.2) is 5.05 Å². The average Bonchev–Trinajstić information content (AvgIpc) is 2.38. The highest BCUT2D eigenvalue weighted by atomic mass is 32.1. The molecular weight excluding hydrogens is 164 g/mol. The van der Waals surface area contributed by atoms with Crippen LogP contribution in [-0.2, 0) is 4.74 Å². The first-order valence-corrected chi connectivity index (χ1v) is 3.99. The Bertz CT molecular complexity index is 226. The van der Waals surface area contributed by atoms with Gasteiger partial charge in [-0.25, -0.2) is 0 Å². The van der Waals surface area contributed by atoms with Gasteiger partial charge in [0.15, 0.2) is 0 Å². The molecule has 0 radical (unpaired) electrons. The van der Waals surface area contributed by atoms with E-state index >= 15 is 0 Å². The number of hydrogen-bond acceptors (Lipinski definition) is 3. The Morgan fingerprint density at radius 2 is 2.60 bits per heavy atom. The van der Waals surface area contributed by atoms with E-state index in [1.807, 2.05) is 17.5 Å². The second-order valence-corrected chi connectivity index (χ2v) is 2.87. The van der Waals surface area contributed by atoms with Gasteiger partial charge in [-0.05, 0) is 23.7 Å². The number of thiophene rings is 1. The van der Waals surface area contributed by atoms with E-state index in [1.165, 1.54) is 6.26 Å². The van der Waals surface area contributed by atoms with Crippen LogP contribution in [0.15, 0.2) is 30.4 Å². The van der Waals surface area contributed by atoms with Crippen LogP contribution < -0.4 is 0 Å². The van der Waals surface area contributed by atoms with Crippen molar-refractivity contribution in [2.75, 3.05) is 0 Å². The lowest BCUT2D eigenvalue weighted by molar-refractivity contribution is 0.490. The number of thiocarbonyl (C=S) groups is 1. The van der Waals surface area contributed by atoms with Crippen molar-refractivity contribution in [2.45, 2.75) is 0 Å². The van der Waals surface area contributed by atoms with Crippen LogP contribution >= 0.6 is 23.6 Å². The molecule has 1 aromatic rings. The minimum atomic E-state index is 0.491. The van der Waals surface area contributed by atoms with Gasteiger partial charge < -0.3 is 4.74 Å². The molecule has 1 rings (SSSR count). The molecule has 10 heavy (non-hydrogen) atoms. The van der Waals surface area contributed by atoms with Crippen molar-refractivity contribution < 1.29 is 4.74 Å². The molecule has 0 unspecified atom stereocenters. The predicted molar refractivity (Wildman–Crippen MR) is 47.3 cm³/mol. The topological polar surface area (TPSA) is 9.23 Å². The Morgan fingerprint density at radius 3 is 3.10 bits per heavy atom. The average molecular weight is 170 g/mol. The second kappa shape index (κ2) is 3.49. The summed E-state index contributed by atoms with van der Waals surface area (Å²) in [5.74, 6) is 0. The second-order valence-electron chi connectivity index (χ2n) is 1.55. The van der Waals surface area contributed by atoms with Crippen LogP contribution in [0.2, 0.25) is 0 Å². The van der Waals surface area contributed by atoms with E-state index in [4.69, 9.17) is 17.0 Å². The fourth-order valence-corrected chi connectivity index (χ4v) is 1.41. The van der Waals surface area contributed by atoms with E-state index in [1.54, 1.807) is 11.3 Å². The van der Waals surface area contributed by atoms with Crippen molar-refractivity contribution in [3.05, 3.63) is 35.2 Å². The van der Waals surface area contributed by atoms with Crippen LogP contribution in [0, 0.1) is 0 Å². The molecule has 0 N–H and O–H groups in total. The first-order chi connectivity index (χ1) is 4.84. The molecule has 0 saturated heterocycles. The minimum absolute atomic E-state index is 0.491. The van der Waals surface area contributed by atoms with Crippen molar-refractivity contribution in [3.63, 3.8) is 0 Å². The molecule has 3 heteroatoms. The lowest BCUT2D eigenvalue weighted by atomic mass is 10.5. The molecule has 1 heterocycles. The molecule has 0 spiro atoms. The standard InChI is InChI=1S/C7H6OS2/c1-2-8-7(9)6-4-3-5-10-6/h2-5H,1H2. The summed E-state index contributed by atoms with van der Waals surface area (Å²) in [5.41, 5.74) is 0. The van der Waals surface area contributed by atoms with E-state index < -0.39 is 0 Å². The van der Waals surface area contributed by atoms with Gasteiger partial charge in [-0.2, -0.15) is 0 Å². The number of rotatable bonds is 2. The summed E-state index contributed by atoms with van der Waals surface area (Å²) in [4.78, 5) is 0.968. The highest BCUT2D eigenvalue weighted by molar-refractivity contribution is 7.80. The molecule has 0 bridgehead atoms. The van der Waals surface area contributed by atoms with Crippen molar-refractivity contribution in [2.24, 2.45) is 0 Å². The van der Waals surface area contributed by atoms with Crippen molar-refractivity contribution >= 4 is 28.6 Å². The molecule has 0 aliphatic heterocycles. The van der Waals surface area contributed by atoms with Crippen LogP contribution in [0.1, 0.15) is 4.88 Å². The van der Waals surface area contributed by atoms with E-state index in [0.717, 1.165) is 4.88 Å². The first kappa shape index (κ1) is 7.44. The van der Waals surface area contributed by atoms with E-state index in [2.05, 4.69) is 6.58 Å². The van der Waals surface area contributed by atoms with Gasteiger partial charge in [0.05, 0.1) is 11.1 Å². The molecule has 0 aromatic carbocycles. The Hall–Kier alpha value is -0.670. The minimum Gasteiger partial charge on any atom is -0.453 e. The molecule has 0 saturated carbocycles. The zero-order valence-corrected chi connectivity index (χ0v) is 6.87. The summed E-state index contributed by atoms with van der Waals surface area (Å²) in [5, 5.41) is 2.44. The lowest BCUT2D eigenvalue weighted by Gasteiger charge is -1.95. The molecular formula is C7H6OS2. The summed E-state index contributed by atoms with van der Waals surface area (Å²) >= 11 is 6.45. The smallest absolute Gasteiger partial charge is 0.207 e. The van der Waals surface area contributed by atoms with Crippen molar-refractivity contribution in [3.8, 4) is 0 Å². The van der Waals surface area contributed by atoms with E-state index in [-0.39, 0.29) is 0 Å². The van der Waals surface area contributed by atoms with Gasteiger partial charge in [-0.1, -0.05) is 12.6 Å². The van der Waals surface area contributed by atoms with Crippen LogP contribution in [0.5, 0.6) is 0 Å². The Balaban J connectivity index is 2.68. The first-order valence-electron chi connectivity index (χ1n) is 2.70. The monoisotopic (exact) mass is 170 g/mol. The highest BCUT2D eigenvalue weighted by Crippen LogP contribution is 2.10. The van der Waals surface area contributed by atoms with Gasteiger partial charge in [-0.15, -0.1) is 11.3 Å². The molecule has 0 aliphatic rings. The Labute approximate surface area is 68.9 Å². The summed E-state index contributed by atoms with van der Waals surface area (Å²) in [7, 11) is 0. The molecule has 0 amide bonds. The SMILES string of the molecule is C=COC(=S)c1cccs1. The van der Waals surface area contributed by atoms with Gasteiger partial charge >= 0.3 is 0 Å². The maximum absolute atomic E-state index is 4.89. The fourth-order valence-electron chi connectivity index (χ4n) is 0.528. The van der Waals surface area contributed by atoms with Gasteiger partial charge in [0.2, 0.25) is 5.05 Å². The maximum atomic E-state index is 4.89. The third-order valence-electron chi connectivity index (χ3n) is 0.913. The van der Waals surface area contributed by atoms with Gasteiger partial charge in [0.1, 0.15) is 0 Å². The van der Waals surface area contributed by atoms with Gasteiger partial charge in [0, 0.05) is 0 Å². The fraction of sp³-hybridized carbons (Fsp3) is 0. The predicted octanol–water partition coefficient (Wildman–Crippen LogP) is 2.58. The third-order valence-corrected chi connectivity index (χ3v) is 2.23. The Kier molecular flexibility index (Phi) is 2.59. The van der Waals surface area contributed by atoms with E-state index in [9.17, 15) is 0 Å². The zero-order valence-electron chi connectivity index (χ0n) is 5.24. The molecule has 1 nitrogen and oxygen atoms in total. The quantitative estimate of drug-likeness (QED) is 0.498. The molecule has 1 aromatic heterocycles. The molecule has 0 atom stereocenters. The van der Waals surface area contributed by atoms with E-state index in [0.29, 0.717) is 5.05 Å². The Morgan fingerprint density at radius 1 is 1.80 bits per heavy atom. The molecule has 0 aliphatic carbocycles. The normalized spacial score (nSPS) is 8.80. The number of ether oxygens (including phenoxy) is 1. The van der Waals surface area contributed by atoms with Crippen LogP contribution in [0.4, 0.5) is 0 Å². The third kappa shape index (κ3) is 1.65. The van der Waals surface area contributed by atoms with Crippen molar-refractivity contribution in [1.29, 1.82) is 0 Å². The molecule has 0 fully saturated rings. The van der Waals surface area contributed by atoms with Crippen LogP contribution in [0.25, 0.3) is 0 Å². The zero-order chi connectivity index (χ0) is 7.40. The lowest BCUT2D eigenvalue weighted by Crippen LogP contribution is -1.93. The summed E-state index contributed by atoms with van der Waals surface area (Å²) < 4.78 is 4.89. The van der Waals surface area contributed by atoms with Gasteiger partial charge in [0.25, 0.3) is 0 Å². The number of hydrogen-bond donors (Lipinski definition) is 0. The summed E-state index contributed by atoms with van der Waals surface area (Å²) in [6.45, 7) is 3.41. The summed E-state index contributed by atoms with van der Waals surface area (Å²) in [6, 6.07) is 3.84. The maximum Gasteiger partial charge on any atom is 0.207 e. The van der Waals surface area contributed by atoms with Crippen molar-refractivity contribution in [1.82, 2.24) is 0 Å². The highest BCUT2D eigenvalue weighted by Gasteiger charge is 1.99.